The van der Waals surface area contributed by atoms with E-state index in [1.165, 1.54) is 0 Å². The van der Waals surface area contributed by atoms with Crippen LogP contribution in [0.3, 0.4) is 0 Å². The number of carbonyl (C=O) groups excluding carboxylic acids is 1. The Bertz CT molecular complexity index is 564. The van der Waals surface area contributed by atoms with Gasteiger partial charge in [-0.2, -0.15) is 0 Å². The SMILES string of the molecule is CCc1ccccc1C(C)(C)OC(=O)NS(C)(=O)=O. The van der Waals surface area contributed by atoms with Crippen LogP contribution in [0.2, 0.25) is 0 Å². The fourth-order valence-corrected chi connectivity index (χ4v) is 2.22. The second kappa shape index (κ2) is 5.61. The number of hydrogen-bond donors (Lipinski definition) is 1. The smallest absolute Gasteiger partial charge is 0.421 e. The van der Waals surface area contributed by atoms with E-state index in [9.17, 15) is 13.2 Å². The van der Waals surface area contributed by atoms with Crippen LogP contribution in [0, 0.1) is 0 Å². The first-order valence-electron chi connectivity index (χ1n) is 5.95. The number of sulfonamides is 1. The predicted octanol–water partition coefficient (Wildman–Crippen LogP) is 2.17. The third kappa shape index (κ3) is 4.55. The van der Waals surface area contributed by atoms with Crippen LogP contribution in [-0.2, 0) is 26.8 Å². The molecule has 0 aliphatic carbocycles. The Balaban J connectivity index is 2.95. The molecule has 1 aromatic rings. The average Bonchev–Trinajstić information content (AvgIpc) is 2.25. The average molecular weight is 285 g/mol. The Morgan fingerprint density at radius 2 is 1.89 bits per heavy atom. The molecule has 0 saturated carbocycles. The first-order valence-corrected chi connectivity index (χ1v) is 7.84. The minimum absolute atomic E-state index is 0.802. The van der Waals surface area contributed by atoms with Crippen molar-refractivity contribution in [2.24, 2.45) is 0 Å². The quantitative estimate of drug-likeness (QED) is 0.920. The molecule has 0 aromatic heterocycles. The lowest BCUT2D eigenvalue weighted by atomic mass is 9.92. The van der Waals surface area contributed by atoms with Gasteiger partial charge in [-0.3, -0.25) is 0 Å². The zero-order chi connectivity index (χ0) is 14.7. The third-order valence-corrected chi connectivity index (χ3v) is 3.20. The van der Waals surface area contributed by atoms with Gasteiger partial charge in [-0.25, -0.2) is 17.9 Å². The van der Waals surface area contributed by atoms with Gasteiger partial charge in [0, 0.05) is 0 Å². The van der Waals surface area contributed by atoms with Gasteiger partial charge < -0.3 is 4.74 Å². The van der Waals surface area contributed by atoms with E-state index in [2.05, 4.69) is 0 Å². The summed E-state index contributed by atoms with van der Waals surface area (Å²) in [6.45, 7) is 5.46. The molecule has 0 radical (unpaired) electrons. The Labute approximate surface area is 114 Å². The van der Waals surface area contributed by atoms with E-state index in [1.807, 2.05) is 31.2 Å². The van der Waals surface area contributed by atoms with E-state index in [0.29, 0.717) is 0 Å². The molecule has 106 valence electrons. The number of aryl methyl sites for hydroxylation is 1. The van der Waals surface area contributed by atoms with Gasteiger partial charge in [0.1, 0.15) is 5.60 Å². The zero-order valence-electron chi connectivity index (χ0n) is 11.6. The molecule has 19 heavy (non-hydrogen) atoms. The van der Waals surface area contributed by atoms with Gasteiger partial charge in [-0.15, -0.1) is 0 Å². The Morgan fingerprint density at radius 3 is 2.42 bits per heavy atom. The van der Waals surface area contributed by atoms with Crippen molar-refractivity contribution in [3.63, 3.8) is 0 Å². The number of benzene rings is 1. The Kier molecular flexibility index (Phi) is 4.57. The molecule has 0 saturated heterocycles. The first kappa shape index (κ1) is 15.5. The van der Waals surface area contributed by atoms with Crippen LogP contribution in [0.5, 0.6) is 0 Å². The van der Waals surface area contributed by atoms with Crippen LogP contribution in [0.1, 0.15) is 31.9 Å². The topological polar surface area (TPSA) is 72.5 Å². The van der Waals surface area contributed by atoms with Crippen molar-refractivity contribution in [3.05, 3.63) is 35.4 Å². The lowest BCUT2D eigenvalue weighted by Gasteiger charge is -2.27. The van der Waals surface area contributed by atoms with Crippen LogP contribution >= 0.6 is 0 Å². The van der Waals surface area contributed by atoms with E-state index in [4.69, 9.17) is 4.74 Å². The van der Waals surface area contributed by atoms with Crippen molar-refractivity contribution >= 4 is 16.1 Å². The molecule has 0 atom stereocenters. The molecular weight excluding hydrogens is 266 g/mol. The van der Waals surface area contributed by atoms with Crippen LogP contribution in [-0.4, -0.2) is 20.8 Å². The summed E-state index contributed by atoms with van der Waals surface area (Å²) in [6.07, 6.45) is 0.733. The first-order chi connectivity index (χ1) is 8.65. The van der Waals surface area contributed by atoms with Crippen LogP contribution in [0.15, 0.2) is 24.3 Å². The molecule has 0 bridgehead atoms. The fourth-order valence-electron chi connectivity index (χ4n) is 1.87. The van der Waals surface area contributed by atoms with Gasteiger partial charge in [-0.05, 0) is 31.4 Å². The number of hydrogen-bond acceptors (Lipinski definition) is 4. The largest absolute Gasteiger partial charge is 0.438 e. The molecule has 6 heteroatoms. The standard InChI is InChI=1S/C13H19NO4S/c1-5-10-8-6-7-9-11(10)13(2,3)18-12(15)14-19(4,16)17/h6-9H,5H2,1-4H3,(H,14,15). The van der Waals surface area contributed by atoms with E-state index < -0.39 is 21.7 Å². The zero-order valence-corrected chi connectivity index (χ0v) is 12.4. The predicted molar refractivity (Wildman–Crippen MR) is 73.3 cm³/mol. The third-order valence-electron chi connectivity index (χ3n) is 2.66. The summed E-state index contributed by atoms with van der Waals surface area (Å²) in [6, 6.07) is 7.59. The van der Waals surface area contributed by atoms with Crippen molar-refractivity contribution in [1.29, 1.82) is 0 Å². The number of ether oxygens (including phenoxy) is 1. The Morgan fingerprint density at radius 1 is 1.32 bits per heavy atom. The van der Waals surface area contributed by atoms with E-state index in [-0.39, 0.29) is 0 Å². The summed E-state index contributed by atoms with van der Waals surface area (Å²) < 4.78 is 29.0. The van der Waals surface area contributed by atoms with Crippen molar-refractivity contribution in [2.45, 2.75) is 32.8 Å². The molecular formula is C13H19NO4S. The second-order valence-corrected chi connectivity index (χ2v) is 6.53. The summed E-state index contributed by atoms with van der Waals surface area (Å²) in [5.74, 6) is 0. The molecule has 0 heterocycles. The van der Waals surface area contributed by atoms with Crippen molar-refractivity contribution in [1.82, 2.24) is 4.72 Å². The summed E-state index contributed by atoms with van der Waals surface area (Å²) in [7, 11) is -3.62. The molecule has 0 aliphatic rings. The van der Waals surface area contributed by atoms with Gasteiger partial charge in [0.25, 0.3) is 0 Å². The van der Waals surface area contributed by atoms with Gasteiger partial charge in [0.2, 0.25) is 10.0 Å². The number of amides is 1. The summed E-state index contributed by atoms with van der Waals surface area (Å²) in [4.78, 5) is 11.5. The van der Waals surface area contributed by atoms with Crippen molar-refractivity contribution in [3.8, 4) is 0 Å². The lowest BCUT2D eigenvalue weighted by Crippen LogP contribution is -2.36. The van der Waals surface area contributed by atoms with Gasteiger partial charge in [0.15, 0.2) is 0 Å². The number of carbonyl (C=O) groups is 1. The highest BCUT2D eigenvalue weighted by molar-refractivity contribution is 7.89. The summed E-state index contributed by atoms with van der Waals surface area (Å²) in [5, 5.41) is 0. The maximum atomic E-state index is 11.5. The van der Waals surface area contributed by atoms with Crippen molar-refractivity contribution < 1.29 is 17.9 Å². The summed E-state index contributed by atoms with van der Waals surface area (Å²) in [5.41, 5.74) is 1.02. The lowest BCUT2D eigenvalue weighted by molar-refractivity contribution is 0.0399. The Hall–Kier alpha value is -1.56. The van der Waals surface area contributed by atoms with Crippen LogP contribution < -0.4 is 4.72 Å². The maximum absolute atomic E-state index is 11.5. The molecule has 0 unspecified atom stereocenters. The highest BCUT2D eigenvalue weighted by Gasteiger charge is 2.28. The number of nitrogens with one attached hydrogen (secondary N) is 1. The van der Waals surface area contributed by atoms with E-state index in [1.54, 1.807) is 18.6 Å². The summed E-state index contributed by atoms with van der Waals surface area (Å²) >= 11 is 0. The normalized spacial score (nSPS) is 12.0. The van der Waals surface area contributed by atoms with Crippen molar-refractivity contribution in [2.75, 3.05) is 6.26 Å². The molecule has 1 rings (SSSR count). The van der Waals surface area contributed by atoms with Gasteiger partial charge >= 0.3 is 6.09 Å². The van der Waals surface area contributed by atoms with Gasteiger partial charge in [-0.1, -0.05) is 31.2 Å². The molecule has 0 aliphatic heterocycles. The molecule has 5 nitrogen and oxygen atoms in total. The number of rotatable bonds is 4. The highest BCUT2D eigenvalue weighted by Crippen LogP contribution is 2.28. The molecule has 1 N–H and O–H groups in total. The molecule has 1 aromatic carbocycles. The minimum atomic E-state index is -3.62. The second-order valence-electron chi connectivity index (χ2n) is 4.78. The van der Waals surface area contributed by atoms with E-state index >= 15 is 0 Å². The van der Waals surface area contributed by atoms with Gasteiger partial charge in [0.05, 0.1) is 6.26 Å². The maximum Gasteiger partial charge on any atom is 0.421 e. The molecule has 0 fully saturated rings. The molecule has 1 amide bonds. The van der Waals surface area contributed by atoms with Crippen LogP contribution in [0.4, 0.5) is 4.79 Å². The minimum Gasteiger partial charge on any atom is -0.438 e. The fraction of sp³-hybridized carbons (Fsp3) is 0.462. The molecule has 0 spiro atoms. The van der Waals surface area contributed by atoms with Crippen LogP contribution in [0.25, 0.3) is 0 Å². The highest BCUT2D eigenvalue weighted by atomic mass is 32.2. The van der Waals surface area contributed by atoms with E-state index in [0.717, 1.165) is 23.8 Å². The monoisotopic (exact) mass is 285 g/mol.